The molecule has 1 aliphatic carbocycles. The van der Waals surface area contributed by atoms with E-state index < -0.39 is 0 Å². The number of ether oxygens (including phenoxy) is 1. The summed E-state index contributed by atoms with van der Waals surface area (Å²) in [5.41, 5.74) is 3.29. The number of nitrogens with zero attached hydrogens (tertiary/aromatic N) is 2. The first-order valence-electron chi connectivity index (χ1n) is 6.77. The van der Waals surface area contributed by atoms with Crippen LogP contribution >= 0.6 is 11.3 Å². The first-order valence-corrected chi connectivity index (χ1v) is 7.59. The number of hydrogen-bond donors (Lipinski definition) is 0. The van der Waals surface area contributed by atoms with Crippen molar-refractivity contribution in [2.75, 3.05) is 0 Å². The van der Waals surface area contributed by atoms with Gasteiger partial charge in [-0.15, -0.1) is 11.3 Å². The fraction of sp³-hybridized carbons (Fsp3) is 0.375. The lowest BCUT2D eigenvalue weighted by Crippen LogP contribution is -1.97. The summed E-state index contributed by atoms with van der Waals surface area (Å²) in [6.45, 7) is 4.53. The molecule has 0 bridgehead atoms. The van der Waals surface area contributed by atoms with Crippen LogP contribution in [0.4, 0.5) is 0 Å². The summed E-state index contributed by atoms with van der Waals surface area (Å²) in [4.78, 5) is 5.34. The second-order valence-electron chi connectivity index (χ2n) is 5.27. The second-order valence-corrected chi connectivity index (χ2v) is 6.35. The van der Waals surface area contributed by atoms with E-state index in [1.807, 2.05) is 13.0 Å². The molecule has 1 aromatic carbocycles. The van der Waals surface area contributed by atoms with Crippen molar-refractivity contribution in [1.82, 2.24) is 4.98 Å². The molecular formula is C16H16N2OS. The van der Waals surface area contributed by atoms with Crippen molar-refractivity contribution < 1.29 is 4.74 Å². The Morgan fingerprint density at radius 2 is 2.20 bits per heavy atom. The summed E-state index contributed by atoms with van der Waals surface area (Å²) in [6, 6.07) is 8.43. The Hall–Kier alpha value is -1.86. The van der Waals surface area contributed by atoms with Crippen molar-refractivity contribution in [1.29, 1.82) is 5.26 Å². The molecule has 4 heteroatoms. The molecule has 3 rings (SSSR count). The molecule has 0 amide bonds. The normalized spacial score (nSPS) is 14.1. The van der Waals surface area contributed by atoms with E-state index in [0.29, 0.717) is 12.5 Å². The SMILES string of the molecule is Cc1ccc(C)c(OCc2nc(C3CC3)c(C#N)s2)c1. The van der Waals surface area contributed by atoms with Crippen LogP contribution in [0.1, 0.15) is 45.5 Å². The smallest absolute Gasteiger partial charge is 0.140 e. The Balaban J connectivity index is 1.75. The van der Waals surface area contributed by atoms with Gasteiger partial charge < -0.3 is 4.74 Å². The van der Waals surface area contributed by atoms with E-state index in [4.69, 9.17) is 10.00 Å². The van der Waals surface area contributed by atoms with Gasteiger partial charge in [0.25, 0.3) is 0 Å². The highest BCUT2D eigenvalue weighted by Gasteiger charge is 2.29. The molecule has 2 aromatic rings. The molecule has 0 N–H and O–H groups in total. The van der Waals surface area contributed by atoms with E-state index in [1.54, 1.807) is 0 Å². The molecule has 0 atom stereocenters. The first kappa shape index (κ1) is 13.1. The van der Waals surface area contributed by atoms with Gasteiger partial charge in [-0.25, -0.2) is 4.98 Å². The quantitative estimate of drug-likeness (QED) is 0.849. The third-order valence-electron chi connectivity index (χ3n) is 3.46. The maximum Gasteiger partial charge on any atom is 0.140 e. The average Bonchev–Trinajstić information content (AvgIpc) is 3.20. The number of hydrogen-bond acceptors (Lipinski definition) is 4. The molecule has 1 aromatic heterocycles. The topological polar surface area (TPSA) is 45.9 Å². The van der Waals surface area contributed by atoms with E-state index >= 15 is 0 Å². The molecule has 1 heterocycles. The number of rotatable bonds is 4. The Kier molecular flexibility index (Phi) is 3.45. The average molecular weight is 284 g/mol. The van der Waals surface area contributed by atoms with Crippen LogP contribution < -0.4 is 4.74 Å². The minimum Gasteiger partial charge on any atom is -0.486 e. The van der Waals surface area contributed by atoms with Crippen LogP contribution in [-0.2, 0) is 6.61 Å². The zero-order valence-electron chi connectivity index (χ0n) is 11.6. The van der Waals surface area contributed by atoms with E-state index in [1.165, 1.54) is 16.9 Å². The predicted molar refractivity (Wildman–Crippen MR) is 79.1 cm³/mol. The Morgan fingerprint density at radius 1 is 1.40 bits per heavy atom. The van der Waals surface area contributed by atoms with Gasteiger partial charge in [0.2, 0.25) is 0 Å². The lowest BCUT2D eigenvalue weighted by atomic mass is 10.1. The van der Waals surface area contributed by atoms with Gasteiger partial charge >= 0.3 is 0 Å². The molecule has 0 aliphatic heterocycles. The lowest BCUT2D eigenvalue weighted by Gasteiger charge is -2.08. The van der Waals surface area contributed by atoms with Crippen molar-refractivity contribution >= 4 is 11.3 Å². The molecule has 1 aliphatic rings. The minimum absolute atomic E-state index is 0.441. The molecular weight excluding hydrogens is 268 g/mol. The molecule has 3 nitrogen and oxygen atoms in total. The van der Waals surface area contributed by atoms with Gasteiger partial charge in [0.15, 0.2) is 0 Å². The maximum absolute atomic E-state index is 9.15. The maximum atomic E-state index is 9.15. The van der Waals surface area contributed by atoms with Gasteiger partial charge in [0, 0.05) is 5.92 Å². The van der Waals surface area contributed by atoms with Gasteiger partial charge in [-0.05, 0) is 43.9 Å². The third kappa shape index (κ3) is 2.68. The van der Waals surface area contributed by atoms with Gasteiger partial charge in [-0.2, -0.15) is 5.26 Å². The lowest BCUT2D eigenvalue weighted by molar-refractivity contribution is 0.303. The number of benzene rings is 1. The molecule has 20 heavy (non-hydrogen) atoms. The van der Waals surface area contributed by atoms with Crippen LogP contribution in [0.2, 0.25) is 0 Å². The monoisotopic (exact) mass is 284 g/mol. The Morgan fingerprint density at radius 3 is 2.90 bits per heavy atom. The van der Waals surface area contributed by atoms with Gasteiger partial charge in [0.1, 0.15) is 28.3 Å². The van der Waals surface area contributed by atoms with Crippen LogP contribution in [0.5, 0.6) is 5.75 Å². The zero-order valence-corrected chi connectivity index (χ0v) is 12.5. The van der Waals surface area contributed by atoms with Gasteiger partial charge in [0.05, 0.1) is 5.69 Å². The summed E-state index contributed by atoms with van der Waals surface area (Å²) in [5.74, 6) is 1.40. The number of thiazole rings is 1. The van der Waals surface area contributed by atoms with Crippen LogP contribution in [0.15, 0.2) is 18.2 Å². The predicted octanol–water partition coefficient (Wildman–Crippen LogP) is 4.09. The third-order valence-corrected chi connectivity index (χ3v) is 4.41. The van der Waals surface area contributed by atoms with E-state index in [9.17, 15) is 0 Å². The molecule has 102 valence electrons. The highest BCUT2D eigenvalue weighted by atomic mass is 32.1. The minimum atomic E-state index is 0.441. The standard InChI is InChI=1S/C16H16N2OS/c1-10-3-4-11(2)13(7-10)19-9-15-18-16(12-5-6-12)14(8-17)20-15/h3-4,7,12H,5-6,9H2,1-2H3. The molecule has 1 fully saturated rings. The largest absolute Gasteiger partial charge is 0.486 e. The van der Waals surface area contributed by atoms with Crippen molar-refractivity contribution in [3.05, 3.63) is 44.9 Å². The number of nitriles is 1. The number of aromatic nitrogens is 1. The molecule has 0 radical (unpaired) electrons. The highest BCUT2D eigenvalue weighted by Crippen LogP contribution is 2.42. The number of aryl methyl sites for hydroxylation is 2. The summed E-state index contributed by atoms with van der Waals surface area (Å²) < 4.78 is 5.86. The van der Waals surface area contributed by atoms with Crippen LogP contribution in [0.3, 0.4) is 0 Å². The van der Waals surface area contributed by atoms with Crippen molar-refractivity contribution in [2.24, 2.45) is 0 Å². The van der Waals surface area contributed by atoms with E-state index in [0.717, 1.165) is 39.7 Å². The fourth-order valence-corrected chi connectivity index (χ4v) is 3.02. The van der Waals surface area contributed by atoms with E-state index in [-0.39, 0.29) is 0 Å². The Bertz CT molecular complexity index is 680. The van der Waals surface area contributed by atoms with Gasteiger partial charge in [-0.3, -0.25) is 0 Å². The summed E-state index contributed by atoms with van der Waals surface area (Å²) in [5, 5.41) is 10.0. The Labute approximate surface area is 122 Å². The molecule has 1 saturated carbocycles. The second kappa shape index (κ2) is 5.26. The highest BCUT2D eigenvalue weighted by molar-refractivity contribution is 7.12. The van der Waals surface area contributed by atoms with Crippen molar-refractivity contribution in [2.45, 2.75) is 39.2 Å². The summed E-state index contributed by atoms with van der Waals surface area (Å²) in [7, 11) is 0. The summed E-state index contributed by atoms with van der Waals surface area (Å²) >= 11 is 1.46. The molecule has 0 spiro atoms. The van der Waals surface area contributed by atoms with Crippen LogP contribution in [0.25, 0.3) is 0 Å². The van der Waals surface area contributed by atoms with Gasteiger partial charge in [-0.1, -0.05) is 12.1 Å². The zero-order chi connectivity index (χ0) is 14.1. The summed E-state index contributed by atoms with van der Waals surface area (Å²) in [6.07, 6.45) is 2.32. The molecule has 0 saturated heterocycles. The van der Waals surface area contributed by atoms with Crippen molar-refractivity contribution in [3.63, 3.8) is 0 Å². The van der Waals surface area contributed by atoms with Crippen molar-refractivity contribution in [3.8, 4) is 11.8 Å². The van der Waals surface area contributed by atoms with E-state index in [2.05, 4.69) is 30.1 Å². The first-order chi connectivity index (χ1) is 9.67. The fourth-order valence-electron chi connectivity index (χ4n) is 2.16. The van der Waals surface area contributed by atoms with Crippen LogP contribution in [0, 0.1) is 25.2 Å². The van der Waals surface area contributed by atoms with Crippen LogP contribution in [-0.4, -0.2) is 4.98 Å². The molecule has 0 unspecified atom stereocenters.